The van der Waals surface area contributed by atoms with Crippen LogP contribution in [0.5, 0.6) is 0 Å². The van der Waals surface area contributed by atoms with Crippen LogP contribution in [0.3, 0.4) is 0 Å². The molecule has 3 heterocycles. The van der Waals surface area contributed by atoms with Gasteiger partial charge in [0.2, 0.25) is 0 Å². The molecule has 0 aliphatic carbocycles. The van der Waals surface area contributed by atoms with Crippen LogP contribution in [0.15, 0.2) is 24.5 Å². The van der Waals surface area contributed by atoms with Crippen molar-refractivity contribution in [1.82, 2.24) is 20.2 Å². The fraction of sp³-hybridized carbons (Fsp3) is 0.579. The maximum atomic E-state index is 4.73. The number of likely N-dealkylation sites (tertiary alicyclic amines) is 1. The van der Waals surface area contributed by atoms with Gasteiger partial charge in [-0.15, -0.1) is 11.3 Å². The van der Waals surface area contributed by atoms with Crippen molar-refractivity contribution in [2.45, 2.75) is 52.1 Å². The molecular formula is C19H28N4S. The summed E-state index contributed by atoms with van der Waals surface area (Å²) in [5, 5.41) is 5.01. The Hall–Kier alpha value is -1.30. The lowest BCUT2D eigenvalue weighted by molar-refractivity contribution is 0.191. The topological polar surface area (TPSA) is 41.1 Å². The van der Waals surface area contributed by atoms with Gasteiger partial charge in [-0.1, -0.05) is 13.0 Å². The van der Waals surface area contributed by atoms with E-state index < -0.39 is 0 Å². The SMILES string of the molecule is CCc1nc(CCNC2CCN(Cc3cccnc3)CC2)sc1C. The van der Waals surface area contributed by atoms with Gasteiger partial charge in [-0.2, -0.15) is 0 Å². The highest BCUT2D eigenvalue weighted by atomic mass is 32.1. The van der Waals surface area contributed by atoms with Gasteiger partial charge in [0, 0.05) is 42.8 Å². The first-order valence-electron chi connectivity index (χ1n) is 9.04. The molecule has 0 unspecified atom stereocenters. The first kappa shape index (κ1) is 17.5. The van der Waals surface area contributed by atoms with E-state index in [1.54, 1.807) is 0 Å². The lowest BCUT2D eigenvalue weighted by Gasteiger charge is -2.32. The average molecular weight is 345 g/mol. The number of pyridine rings is 1. The molecule has 1 N–H and O–H groups in total. The monoisotopic (exact) mass is 344 g/mol. The van der Waals surface area contributed by atoms with E-state index in [4.69, 9.17) is 4.98 Å². The van der Waals surface area contributed by atoms with Gasteiger partial charge in [0.1, 0.15) is 0 Å². The van der Waals surface area contributed by atoms with Gasteiger partial charge in [-0.3, -0.25) is 9.88 Å². The van der Waals surface area contributed by atoms with Crippen molar-refractivity contribution in [3.05, 3.63) is 45.7 Å². The summed E-state index contributed by atoms with van der Waals surface area (Å²) in [5.41, 5.74) is 2.59. The molecule has 0 atom stereocenters. The number of hydrogen-bond donors (Lipinski definition) is 1. The molecule has 3 rings (SSSR count). The van der Waals surface area contributed by atoms with Crippen molar-refractivity contribution in [3.8, 4) is 0 Å². The number of aryl methyl sites for hydroxylation is 2. The highest BCUT2D eigenvalue weighted by Crippen LogP contribution is 2.18. The molecule has 0 aromatic carbocycles. The molecule has 0 radical (unpaired) electrons. The molecule has 130 valence electrons. The van der Waals surface area contributed by atoms with Crippen LogP contribution in [0.2, 0.25) is 0 Å². The van der Waals surface area contributed by atoms with Gasteiger partial charge in [-0.25, -0.2) is 4.98 Å². The Morgan fingerprint density at radius 2 is 2.17 bits per heavy atom. The Morgan fingerprint density at radius 1 is 1.33 bits per heavy atom. The van der Waals surface area contributed by atoms with Crippen molar-refractivity contribution in [2.75, 3.05) is 19.6 Å². The Kier molecular flexibility index (Phi) is 6.35. The third-order valence-corrected chi connectivity index (χ3v) is 5.83. The molecule has 24 heavy (non-hydrogen) atoms. The van der Waals surface area contributed by atoms with Gasteiger partial charge in [0.25, 0.3) is 0 Å². The first-order valence-corrected chi connectivity index (χ1v) is 9.86. The van der Waals surface area contributed by atoms with Crippen LogP contribution >= 0.6 is 11.3 Å². The molecule has 5 heteroatoms. The number of hydrogen-bond acceptors (Lipinski definition) is 5. The molecule has 2 aromatic rings. The zero-order chi connectivity index (χ0) is 16.8. The molecule has 1 aliphatic rings. The van der Waals surface area contributed by atoms with E-state index in [-0.39, 0.29) is 0 Å². The van der Waals surface area contributed by atoms with E-state index in [0.29, 0.717) is 6.04 Å². The number of aromatic nitrogens is 2. The van der Waals surface area contributed by atoms with Crippen molar-refractivity contribution in [2.24, 2.45) is 0 Å². The predicted octanol–water partition coefficient (Wildman–Crippen LogP) is 3.21. The van der Waals surface area contributed by atoms with Crippen molar-refractivity contribution in [1.29, 1.82) is 0 Å². The van der Waals surface area contributed by atoms with Crippen LogP contribution in [-0.2, 0) is 19.4 Å². The molecule has 0 amide bonds. The summed E-state index contributed by atoms with van der Waals surface area (Å²) in [6, 6.07) is 4.84. The number of nitrogens with zero attached hydrogens (tertiary/aromatic N) is 3. The van der Waals surface area contributed by atoms with Gasteiger partial charge >= 0.3 is 0 Å². The van der Waals surface area contributed by atoms with Crippen LogP contribution in [0, 0.1) is 6.92 Å². The van der Waals surface area contributed by atoms with E-state index in [2.05, 4.69) is 35.1 Å². The third kappa shape index (κ3) is 4.85. The highest BCUT2D eigenvalue weighted by Gasteiger charge is 2.18. The summed E-state index contributed by atoms with van der Waals surface area (Å²) in [6.45, 7) is 8.78. The second-order valence-electron chi connectivity index (χ2n) is 6.58. The zero-order valence-electron chi connectivity index (χ0n) is 14.8. The minimum absolute atomic E-state index is 0.654. The zero-order valence-corrected chi connectivity index (χ0v) is 15.6. The molecule has 1 aliphatic heterocycles. The van der Waals surface area contributed by atoms with Crippen molar-refractivity contribution in [3.63, 3.8) is 0 Å². The summed E-state index contributed by atoms with van der Waals surface area (Å²) < 4.78 is 0. The number of piperidine rings is 1. The molecule has 0 saturated carbocycles. The van der Waals surface area contributed by atoms with Crippen molar-refractivity contribution < 1.29 is 0 Å². The number of rotatable bonds is 7. The van der Waals surface area contributed by atoms with Crippen LogP contribution < -0.4 is 5.32 Å². The highest BCUT2D eigenvalue weighted by molar-refractivity contribution is 7.11. The Morgan fingerprint density at radius 3 is 2.83 bits per heavy atom. The minimum atomic E-state index is 0.654. The molecule has 0 spiro atoms. The molecular weight excluding hydrogens is 316 g/mol. The number of nitrogens with one attached hydrogen (secondary N) is 1. The third-order valence-electron chi connectivity index (χ3n) is 4.76. The maximum absolute atomic E-state index is 4.73. The Balaban J connectivity index is 1.36. The van der Waals surface area contributed by atoms with E-state index in [9.17, 15) is 0 Å². The molecule has 1 saturated heterocycles. The summed E-state index contributed by atoms with van der Waals surface area (Å²) in [7, 11) is 0. The summed E-state index contributed by atoms with van der Waals surface area (Å²) >= 11 is 1.86. The van der Waals surface area contributed by atoms with Crippen LogP contribution in [0.1, 0.15) is 40.9 Å². The lowest BCUT2D eigenvalue weighted by Crippen LogP contribution is -2.42. The second-order valence-corrected chi connectivity index (χ2v) is 7.87. The normalized spacial score (nSPS) is 16.6. The summed E-state index contributed by atoms with van der Waals surface area (Å²) in [6.07, 6.45) is 8.39. The van der Waals surface area contributed by atoms with Crippen LogP contribution in [0.25, 0.3) is 0 Å². The predicted molar refractivity (Wildman–Crippen MR) is 100 cm³/mol. The summed E-state index contributed by atoms with van der Waals surface area (Å²) in [4.78, 5) is 12.9. The largest absolute Gasteiger partial charge is 0.313 e. The van der Waals surface area contributed by atoms with Crippen LogP contribution in [0.4, 0.5) is 0 Å². The van der Waals surface area contributed by atoms with Crippen LogP contribution in [-0.4, -0.2) is 40.5 Å². The van der Waals surface area contributed by atoms with E-state index in [1.165, 1.54) is 47.1 Å². The van der Waals surface area contributed by atoms with Gasteiger partial charge in [0.05, 0.1) is 10.7 Å². The smallest absolute Gasteiger partial charge is 0.0943 e. The maximum Gasteiger partial charge on any atom is 0.0943 e. The molecule has 0 bridgehead atoms. The van der Waals surface area contributed by atoms with Gasteiger partial charge < -0.3 is 5.32 Å². The second kappa shape index (κ2) is 8.70. The van der Waals surface area contributed by atoms with Gasteiger partial charge in [-0.05, 0) is 50.9 Å². The van der Waals surface area contributed by atoms with E-state index in [1.807, 2.05) is 29.8 Å². The fourth-order valence-electron chi connectivity index (χ4n) is 3.35. The standard InChI is InChI=1S/C19H28N4S/c1-3-18-15(2)24-19(22-18)6-10-21-17-7-11-23(12-8-17)14-16-5-4-9-20-13-16/h4-5,9,13,17,21H,3,6-8,10-12,14H2,1-2H3. The number of thiazole rings is 1. The average Bonchev–Trinajstić information content (AvgIpc) is 2.97. The van der Waals surface area contributed by atoms with Crippen molar-refractivity contribution >= 4 is 11.3 Å². The first-order chi connectivity index (χ1) is 11.7. The lowest BCUT2D eigenvalue weighted by atomic mass is 10.0. The molecule has 2 aromatic heterocycles. The molecule has 1 fully saturated rings. The quantitative estimate of drug-likeness (QED) is 0.837. The Labute approximate surface area is 149 Å². The fourth-order valence-corrected chi connectivity index (χ4v) is 4.37. The van der Waals surface area contributed by atoms with E-state index in [0.717, 1.165) is 25.9 Å². The van der Waals surface area contributed by atoms with Gasteiger partial charge in [0.15, 0.2) is 0 Å². The minimum Gasteiger partial charge on any atom is -0.313 e. The molecule has 4 nitrogen and oxygen atoms in total. The van der Waals surface area contributed by atoms with E-state index >= 15 is 0 Å². The Bertz CT molecular complexity index is 618. The summed E-state index contributed by atoms with van der Waals surface area (Å²) in [5.74, 6) is 0.